The first-order valence-corrected chi connectivity index (χ1v) is 11.4. The molecule has 0 aromatic carbocycles. The molecule has 4 aliphatic rings. The van der Waals surface area contributed by atoms with Crippen LogP contribution in [0.15, 0.2) is 0 Å². The summed E-state index contributed by atoms with van der Waals surface area (Å²) < 4.78 is 7.13. The Bertz CT molecular complexity index is 390. The smallest absolute Gasteiger partial charge is 0.115 e. The highest BCUT2D eigenvalue weighted by atomic mass is 16.5. The summed E-state index contributed by atoms with van der Waals surface area (Å²) in [5.41, 5.74) is 0. The second-order valence-electron chi connectivity index (χ2n) is 9.17. The van der Waals surface area contributed by atoms with Gasteiger partial charge < -0.3 is 4.74 Å². The van der Waals surface area contributed by atoms with Gasteiger partial charge >= 0.3 is 0 Å². The molecule has 2 saturated carbocycles. The molecule has 0 spiro atoms. The zero-order valence-corrected chi connectivity index (χ0v) is 16.7. The van der Waals surface area contributed by atoms with Crippen LogP contribution in [0.1, 0.15) is 78.1 Å². The summed E-state index contributed by atoms with van der Waals surface area (Å²) in [4.78, 5) is 5.35. The molecule has 0 amide bonds. The molecule has 3 heteroatoms. The normalized spacial score (nSPS) is 43.4. The molecule has 3 nitrogen and oxygen atoms in total. The van der Waals surface area contributed by atoms with Gasteiger partial charge in [0.15, 0.2) is 0 Å². The summed E-state index contributed by atoms with van der Waals surface area (Å²) in [5, 5.41) is 0. The predicted molar refractivity (Wildman–Crippen MR) is 103 cm³/mol. The van der Waals surface area contributed by atoms with Crippen LogP contribution in [-0.4, -0.2) is 48.4 Å². The van der Waals surface area contributed by atoms with Crippen molar-refractivity contribution in [3.8, 4) is 0 Å². The summed E-state index contributed by atoms with van der Waals surface area (Å²) in [6.45, 7) is 9.50. The fourth-order valence-corrected chi connectivity index (χ4v) is 6.59. The topological polar surface area (TPSA) is 15.7 Å². The third kappa shape index (κ3) is 3.66. The van der Waals surface area contributed by atoms with Crippen molar-refractivity contribution in [3.63, 3.8) is 0 Å². The summed E-state index contributed by atoms with van der Waals surface area (Å²) in [6.07, 6.45) is 15.1. The molecule has 0 bridgehead atoms. The van der Waals surface area contributed by atoms with Gasteiger partial charge in [0.2, 0.25) is 0 Å². The largest absolute Gasteiger partial charge is 0.344 e. The Morgan fingerprint density at radius 2 is 1.08 bits per heavy atom. The van der Waals surface area contributed by atoms with Crippen molar-refractivity contribution in [3.05, 3.63) is 0 Å². The number of rotatable bonds is 4. The first-order chi connectivity index (χ1) is 12.3. The number of hydrogen-bond acceptors (Lipinski definition) is 3. The Labute approximate surface area is 155 Å². The van der Waals surface area contributed by atoms with E-state index in [2.05, 4.69) is 23.6 Å². The van der Waals surface area contributed by atoms with Gasteiger partial charge in [-0.15, -0.1) is 0 Å². The van der Waals surface area contributed by atoms with E-state index in [0.29, 0.717) is 12.5 Å². The lowest BCUT2D eigenvalue weighted by Crippen LogP contribution is -2.58. The van der Waals surface area contributed by atoms with E-state index in [4.69, 9.17) is 4.74 Å². The lowest BCUT2D eigenvalue weighted by atomic mass is 9.72. The van der Waals surface area contributed by atoms with Crippen molar-refractivity contribution in [2.24, 2.45) is 23.7 Å². The zero-order valence-electron chi connectivity index (χ0n) is 16.7. The molecule has 2 aliphatic carbocycles. The van der Waals surface area contributed by atoms with Crippen LogP contribution in [0.25, 0.3) is 0 Å². The van der Waals surface area contributed by atoms with Gasteiger partial charge in [0.1, 0.15) is 12.5 Å². The van der Waals surface area contributed by atoms with E-state index in [1.54, 1.807) is 0 Å². The third-order valence-corrected chi connectivity index (χ3v) is 8.05. The highest BCUT2D eigenvalue weighted by molar-refractivity contribution is 4.91. The zero-order chi connectivity index (χ0) is 17.2. The van der Waals surface area contributed by atoms with Crippen molar-refractivity contribution in [2.75, 3.05) is 26.2 Å². The molecular formula is C22H40N2O. The maximum Gasteiger partial charge on any atom is 0.115 e. The van der Waals surface area contributed by atoms with Crippen molar-refractivity contribution in [1.82, 2.24) is 9.80 Å². The predicted octanol–water partition coefficient (Wildman–Crippen LogP) is 4.72. The molecule has 4 fully saturated rings. The van der Waals surface area contributed by atoms with Gasteiger partial charge in [0, 0.05) is 24.9 Å². The van der Waals surface area contributed by atoms with Crippen LogP contribution >= 0.6 is 0 Å². The standard InChI is InChI=1S/C22H40N2O/c1-3-23-15-13-17-9-5-7-11-19(17)21(23)25-22-20-12-8-6-10-18(20)14-16-24(22)4-2/h17-22H,3-16H2,1-2H3. The number of likely N-dealkylation sites (tertiary alicyclic amines) is 2. The number of nitrogens with zero attached hydrogens (tertiary/aromatic N) is 2. The molecule has 0 N–H and O–H groups in total. The summed E-state index contributed by atoms with van der Waals surface area (Å²) in [7, 11) is 0. The average Bonchev–Trinajstić information content (AvgIpc) is 2.68. The molecule has 6 unspecified atom stereocenters. The Balaban J connectivity index is 1.53. The molecule has 144 valence electrons. The highest BCUT2D eigenvalue weighted by Gasteiger charge is 2.45. The van der Waals surface area contributed by atoms with Gasteiger partial charge in [-0.2, -0.15) is 0 Å². The van der Waals surface area contributed by atoms with Crippen LogP contribution < -0.4 is 0 Å². The summed E-state index contributed by atoms with van der Waals surface area (Å²) in [5.74, 6) is 3.46. The SMILES string of the molecule is CCN1CCC2CCCCC2C1OC1C2CCCCC2CCN1CC. The molecule has 0 aromatic rings. The minimum atomic E-state index is 0.392. The van der Waals surface area contributed by atoms with E-state index in [-0.39, 0.29) is 0 Å². The van der Waals surface area contributed by atoms with E-state index < -0.39 is 0 Å². The Kier molecular flexibility index (Phi) is 6.04. The van der Waals surface area contributed by atoms with Gasteiger partial charge in [-0.25, -0.2) is 0 Å². The fraction of sp³-hybridized carbons (Fsp3) is 1.00. The van der Waals surface area contributed by atoms with Gasteiger partial charge in [0.05, 0.1) is 0 Å². The number of ether oxygens (including phenoxy) is 1. The lowest BCUT2D eigenvalue weighted by Gasteiger charge is -2.53. The Morgan fingerprint density at radius 1 is 0.640 bits per heavy atom. The van der Waals surface area contributed by atoms with E-state index in [9.17, 15) is 0 Å². The van der Waals surface area contributed by atoms with Crippen LogP contribution in [0.5, 0.6) is 0 Å². The number of fused-ring (bicyclic) bond motifs is 2. The lowest BCUT2D eigenvalue weighted by molar-refractivity contribution is -0.234. The molecule has 2 heterocycles. The molecule has 6 atom stereocenters. The molecular weight excluding hydrogens is 308 g/mol. The highest BCUT2D eigenvalue weighted by Crippen LogP contribution is 2.44. The number of piperidine rings is 2. The van der Waals surface area contributed by atoms with E-state index in [1.807, 2.05) is 0 Å². The molecule has 0 aromatic heterocycles. The first kappa shape index (κ1) is 18.3. The maximum atomic E-state index is 7.13. The van der Waals surface area contributed by atoms with Gasteiger partial charge in [0.25, 0.3) is 0 Å². The van der Waals surface area contributed by atoms with Crippen LogP contribution in [0.2, 0.25) is 0 Å². The van der Waals surface area contributed by atoms with Gasteiger partial charge in [-0.3, -0.25) is 9.80 Å². The minimum absolute atomic E-state index is 0.392. The molecule has 2 saturated heterocycles. The summed E-state index contributed by atoms with van der Waals surface area (Å²) >= 11 is 0. The van der Waals surface area contributed by atoms with Crippen molar-refractivity contribution < 1.29 is 4.74 Å². The summed E-state index contributed by atoms with van der Waals surface area (Å²) in [6, 6.07) is 0. The van der Waals surface area contributed by atoms with Crippen LogP contribution in [-0.2, 0) is 4.74 Å². The molecule has 2 aliphatic heterocycles. The Hall–Kier alpha value is -0.120. The Morgan fingerprint density at radius 3 is 1.52 bits per heavy atom. The van der Waals surface area contributed by atoms with Gasteiger partial charge in [-0.05, 0) is 63.5 Å². The van der Waals surface area contributed by atoms with Crippen molar-refractivity contribution in [2.45, 2.75) is 90.5 Å². The van der Waals surface area contributed by atoms with Gasteiger partial charge in [-0.1, -0.05) is 39.5 Å². The number of hydrogen-bond donors (Lipinski definition) is 0. The molecule has 0 radical (unpaired) electrons. The quantitative estimate of drug-likeness (QED) is 0.731. The first-order valence-electron chi connectivity index (χ1n) is 11.4. The third-order valence-electron chi connectivity index (χ3n) is 8.05. The second kappa shape index (κ2) is 8.27. The van der Waals surface area contributed by atoms with E-state index in [0.717, 1.165) is 36.8 Å². The van der Waals surface area contributed by atoms with Crippen LogP contribution in [0, 0.1) is 23.7 Å². The van der Waals surface area contributed by atoms with Crippen LogP contribution in [0.4, 0.5) is 0 Å². The fourth-order valence-electron chi connectivity index (χ4n) is 6.59. The van der Waals surface area contributed by atoms with E-state index >= 15 is 0 Å². The second-order valence-corrected chi connectivity index (χ2v) is 9.17. The minimum Gasteiger partial charge on any atom is -0.344 e. The maximum absolute atomic E-state index is 7.13. The average molecular weight is 349 g/mol. The monoisotopic (exact) mass is 348 g/mol. The molecule has 25 heavy (non-hydrogen) atoms. The molecule has 4 rings (SSSR count). The van der Waals surface area contributed by atoms with Crippen molar-refractivity contribution >= 4 is 0 Å². The van der Waals surface area contributed by atoms with Crippen molar-refractivity contribution in [1.29, 1.82) is 0 Å². The van der Waals surface area contributed by atoms with E-state index in [1.165, 1.54) is 77.3 Å². The van der Waals surface area contributed by atoms with Crippen LogP contribution in [0.3, 0.4) is 0 Å².